The number of ether oxygens (including phenoxy) is 1. The van der Waals surface area contributed by atoms with Gasteiger partial charge in [0.1, 0.15) is 0 Å². The molecular formula is C13H27N3O. The molecule has 0 radical (unpaired) electrons. The number of nitrogens with zero attached hydrogens (tertiary/aromatic N) is 2. The van der Waals surface area contributed by atoms with Gasteiger partial charge >= 0.3 is 0 Å². The van der Waals surface area contributed by atoms with Crippen molar-refractivity contribution < 1.29 is 4.74 Å². The quantitative estimate of drug-likeness (QED) is 0.779. The van der Waals surface area contributed by atoms with E-state index in [1.165, 1.54) is 25.9 Å². The van der Waals surface area contributed by atoms with Crippen molar-refractivity contribution in [2.24, 2.45) is 5.73 Å². The second-order valence-corrected chi connectivity index (χ2v) is 5.90. The van der Waals surface area contributed by atoms with Crippen LogP contribution in [0.4, 0.5) is 0 Å². The van der Waals surface area contributed by atoms with Gasteiger partial charge in [-0.2, -0.15) is 0 Å². The molecule has 2 N–H and O–H groups in total. The maximum atomic E-state index is 6.03. The zero-order valence-corrected chi connectivity index (χ0v) is 11.5. The summed E-state index contributed by atoms with van der Waals surface area (Å²) in [5, 5.41) is 0. The third kappa shape index (κ3) is 2.50. The fourth-order valence-electron chi connectivity index (χ4n) is 3.32. The number of rotatable bonds is 4. The van der Waals surface area contributed by atoms with Crippen LogP contribution in [0.5, 0.6) is 0 Å². The molecule has 1 saturated carbocycles. The van der Waals surface area contributed by atoms with Crippen molar-refractivity contribution >= 4 is 0 Å². The third-order valence-corrected chi connectivity index (χ3v) is 4.73. The highest BCUT2D eigenvalue weighted by atomic mass is 16.5. The molecule has 2 rings (SSSR count). The van der Waals surface area contributed by atoms with E-state index in [0.29, 0.717) is 12.1 Å². The summed E-state index contributed by atoms with van der Waals surface area (Å²) in [7, 11) is 6.17. The smallest absolute Gasteiger partial charge is 0.0607 e. The van der Waals surface area contributed by atoms with Crippen LogP contribution in [0.3, 0.4) is 0 Å². The molecule has 4 heteroatoms. The minimum atomic E-state index is 0.232. The summed E-state index contributed by atoms with van der Waals surface area (Å²) >= 11 is 0. The average molecular weight is 241 g/mol. The van der Waals surface area contributed by atoms with Crippen molar-refractivity contribution in [2.75, 3.05) is 40.8 Å². The van der Waals surface area contributed by atoms with E-state index in [1.807, 2.05) is 7.11 Å². The van der Waals surface area contributed by atoms with Crippen molar-refractivity contribution in [3.8, 4) is 0 Å². The summed E-state index contributed by atoms with van der Waals surface area (Å²) in [5.41, 5.74) is 6.26. The summed E-state index contributed by atoms with van der Waals surface area (Å²) in [4.78, 5) is 4.97. The molecule has 1 atom stereocenters. The number of hydrogen-bond donors (Lipinski definition) is 1. The Morgan fingerprint density at radius 1 is 1.41 bits per heavy atom. The van der Waals surface area contributed by atoms with Crippen LogP contribution in [-0.4, -0.2) is 68.3 Å². The van der Waals surface area contributed by atoms with Crippen molar-refractivity contribution in [2.45, 2.75) is 43.4 Å². The average Bonchev–Trinajstić information content (AvgIpc) is 2.29. The zero-order chi connectivity index (χ0) is 12.5. The second kappa shape index (κ2) is 5.22. The molecule has 0 aromatic rings. The van der Waals surface area contributed by atoms with Gasteiger partial charge in [0, 0.05) is 31.8 Å². The maximum Gasteiger partial charge on any atom is 0.0607 e. The highest BCUT2D eigenvalue weighted by molar-refractivity contribution is 5.06. The Morgan fingerprint density at radius 2 is 2.12 bits per heavy atom. The van der Waals surface area contributed by atoms with Gasteiger partial charge in [-0.3, -0.25) is 4.90 Å². The molecule has 0 amide bonds. The number of likely N-dealkylation sites (N-methyl/N-ethyl adjacent to an activating group) is 1. The molecule has 100 valence electrons. The van der Waals surface area contributed by atoms with Gasteiger partial charge in [0.05, 0.1) is 6.10 Å². The fraction of sp³-hybridized carbons (Fsp3) is 1.00. The number of methoxy groups -OCH3 is 1. The van der Waals surface area contributed by atoms with Gasteiger partial charge in [0.15, 0.2) is 0 Å². The number of nitrogens with two attached hydrogens (primary N) is 1. The summed E-state index contributed by atoms with van der Waals surface area (Å²) in [6.07, 6.45) is 5.26. The van der Waals surface area contributed by atoms with E-state index in [-0.39, 0.29) is 5.54 Å². The SMILES string of the molecule is COC1CC(CN)(N2CCCC(N(C)C)C2)C1. The Kier molecular flexibility index (Phi) is 4.08. The lowest BCUT2D eigenvalue weighted by Gasteiger charge is -2.56. The van der Waals surface area contributed by atoms with Crippen molar-refractivity contribution in [3.05, 3.63) is 0 Å². The van der Waals surface area contributed by atoms with Crippen LogP contribution in [0.1, 0.15) is 25.7 Å². The van der Waals surface area contributed by atoms with Crippen LogP contribution in [0.2, 0.25) is 0 Å². The first-order valence-electron chi connectivity index (χ1n) is 6.75. The largest absolute Gasteiger partial charge is 0.381 e. The molecule has 1 saturated heterocycles. The topological polar surface area (TPSA) is 41.7 Å². The molecule has 1 unspecified atom stereocenters. The van der Waals surface area contributed by atoms with Crippen LogP contribution in [0.15, 0.2) is 0 Å². The summed E-state index contributed by atoms with van der Waals surface area (Å²) in [6.45, 7) is 3.14. The maximum absolute atomic E-state index is 6.03. The standard InChI is InChI=1S/C13H27N3O/c1-15(2)11-5-4-6-16(9-11)13(10-14)7-12(8-13)17-3/h11-12H,4-10,14H2,1-3H3. The van der Waals surface area contributed by atoms with Gasteiger partial charge in [0.25, 0.3) is 0 Å². The van der Waals surface area contributed by atoms with E-state index in [2.05, 4.69) is 23.9 Å². The zero-order valence-electron chi connectivity index (χ0n) is 11.5. The summed E-state index contributed by atoms with van der Waals surface area (Å²) in [6, 6.07) is 0.689. The molecule has 2 fully saturated rings. The minimum Gasteiger partial charge on any atom is -0.381 e. The normalized spacial score (nSPS) is 39.4. The predicted molar refractivity (Wildman–Crippen MR) is 70.1 cm³/mol. The van der Waals surface area contributed by atoms with Crippen molar-refractivity contribution in [3.63, 3.8) is 0 Å². The lowest BCUT2D eigenvalue weighted by Crippen LogP contribution is -2.66. The molecule has 0 aromatic carbocycles. The first-order valence-corrected chi connectivity index (χ1v) is 6.75. The Hall–Kier alpha value is -0.160. The predicted octanol–water partition coefficient (Wildman–Crippen LogP) is 0.519. The molecule has 1 aliphatic carbocycles. The molecule has 17 heavy (non-hydrogen) atoms. The second-order valence-electron chi connectivity index (χ2n) is 5.90. The van der Waals surface area contributed by atoms with Gasteiger partial charge in [-0.05, 0) is 46.3 Å². The van der Waals surface area contributed by atoms with Gasteiger partial charge in [0.2, 0.25) is 0 Å². The van der Waals surface area contributed by atoms with Gasteiger partial charge in [-0.1, -0.05) is 0 Å². The van der Waals surface area contributed by atoms with Crippen LogP contribution >= 0.6 is 0 Å². The van der Waals surface area contributed by atoms with E-state index < -0.39 is 0 Å². The van der Waals surface area contributed by atoms with E-state index in [4.69, 9.17) is 10.5 Å². The minimum absolute atomic E-state index is 0.232. The first kappa shape index (κ1) is 13.3. The molecule has 0 bridgehead atoms. The number of piperidine rings is 1. The highest BCUT2D eigenvalue weighted by Gasteiger charge is 2.48. The first-order chi connectivity index (χ1) is 8.11. The number of likely N-dealkylation sites (tertiary alicyclic amines) is 1. The molecule has 1 aliphatic heterocycles. The fourth-order valence-corrected chi connectivity index (χ4v) is 3.32. The molecule has 2 aliphatic rings. The van der Waals surface area contributed by atoms with E-state index in [1.54, 1.807) is 0 Å². The Morgan fingerprint density at radius 3 is 2.65 bits per heavy atom. The molecule has 0 aromatic heterocycles. The molecular weight excluding hydrogens is 214 g/mol. The van der Waals surface area contributed by atoms with Crippen molar-refractivity contribution in [1.29, 1.82) is 0 Å². The Bertz CT molecular complexity index is 251. The summed E-state index contributed by atoms with van der Waals surface area (Å²) < 4.78 is 5.42. The lowest BCUT2D eigenvalue weighted by molar-refractivity contribution is -0.0999. The van der Waals surface area contributed by atoms with Crippen LogP contribution in [0.25, 0.3) is 0 Å². The highest BCUT2D eigenvalue weighted by Crippen LogP contribution is 2.40. The molecule has 0 spiro atoms. The van der Waals surface area contributed by atoms with E-state index >= 15 is 0 Å². The van der Waals surface area contributed by atoms with Crippen molar-refractivity contribution in [1.82, 2.24) is 9.80 Å². The number of hydrogen-bond acceptors (Lipinski definition) is 4. The Balaban J connectivity index is 1.96. The van der Waals surface area contributed by atoms with Gasteiger partial charge in [-0.15, -0.1) is 0 Å². The van der Waals surface area contributed by atoms with E-state index in [0.717, 1.165) is 19.4 Å². The lowest BCUT2D eigenvalue weighted by atomic mass is 9.72. The van der Waals surface area contributed by atoms with E-state index in [9.17, 15) is 0 Å². The van der Waals surface area contributed by atoms with Crippen LogP contribution in [-0.2, 0) is 4.74 Å². The molecule has 4 nitrogen and oxygen atoms in total. The van der Waals surface area contributed by atoms with Gasteiger partial charge < -0.3 is 15.4 Å². The van der Waals surface area contributed by atoms with Gasteiger partial charge in [-0.25, -0.2) is 0 Å². The summed E-state index contributed by atoms with van der Waals surface area (Å²) in [5.74, 6) is 0. The monoisotopic (exact) mass is 241 g/mol. The third-order valence-electron chi connectivity index (χ3n) is 4.73. The molecule has 1 heterocycles. The Labute approximate surface area is 105 Å². The van der Waals surface area contributed by atoms with Crippen LogP contribution < -0.4 is 5.73 Å². The van der Waals surface area contributed by atoms with Crippen LogP contribution in [0, 0.1) is 0 Å².